The molecule has 0 radical (unpaired) electrons. The molecule has 142 valence electrons. The van der Waals surface area contributed by atoms with E-state index in [0.717, 1.165) is 39.7 Å². The molecule has 0 bridgehead atoms. The third-order valence-corrected chi connectivity index (χ3v) is 4.64. The molecule has 2 heterocycles. The Labute approximate surface area is 163 Å². The minimum Gasteiger partial charge on any atom is -0.504 e. The zero-order chi connectivity index (χ0) is 19.8. The van der Waals surface area contributed by atoms with Crippen molar-refractivity contribution in [2.45, 2.75) is 20.8 Å². The maximum Gasteiger partial charge on any atom is 0.236 e. The topological polar surface area (TPSA) is 71.7 Å². The number of aromatic hydroxyl groups is 1. The van der Waals surface area contributed by atoms with Gasteiger partial charge in [-0.3, -0.25) is 4.40 Å². The average Bonchev–Trinajstić information content (AvgIpc) is 3.00. The smallest absolute Gasteiger partial charge is 0.236 e. The molecule has 6 heteroatoms. The predicted octanol–water partition coefficient (Wildman–Crippen LogP) is 4.78. The monoisotopic (exact) mass is 374 g/mol. The van der Waals surface area contributed by atoms with E-state index in [9.17, 15) is 5.11 Å². The Hall–Kier alpha value is -3.54. The number of ether oxygens (including phenoxy) is 1. The van der Waals surface area contributed by atoms with Crippen LogP contribution in [0.3, 0.4) is 0 Å². The molecule has 0 amide bonds. The maximum absolute atomic E-state index is 9.96. The molecule has 0 saturated heterocycles. The van der Waals surface area contributed by atoms with Gasteiger partial charge in [0.05, 0.1) is 7.11 Å². The van der Waals surface area contributed by atoms with E-state index in [1.165, 1.54) is 7.11 Å². The van der Waals surface area contributed by atoms with Gasteiger partial charge in [-0.1, -0.05) is 12.1 Å². The quantitative estimate of drug-likeness (QED) is 0.538. The molecule has 0 spiro atoms. The number of hydrogen-bond acceptors (Lipinski definition) is 5. The number of phenolic OH excluding ortho intramolecular Hbond substituents is 1. The van der Waals surface area contributed by atoms with E-state index in [-0.39, 0.29) is 5.75 Å². The molecule has 0 saturated carbocycles. The second kappa shape index (κ2) is 6.88. The van der Waals surface area contributed by atoms with E-state index >= 15 is 0 Å². The lowest BCUT2D eigenvalue weighted by atomic mass is 10.1. The highest BCUT2D eigenvalue weighted by Crippen LogP contribution is 2.36. The van der Waals surface area contributed by atoms with Crippen molar-refractivity contribution in [2.75, 3.05) is 12.4 Å². The number of rotatable bonds is 4. The number of imidazole rings is 1. The lowest BCUT2D eigenvalue weighted by Crippen LogP contribution is -2.01. The number of nitrogens with one attached hydrogen (secondary N) is 1. The second-order valence-corrected chi connectivity index (χ2v) is 6.86. The summed E-state index contributed by atoms with van der Waals surface area (Å²) >= 11 is 0. The van der Waals surface area contributed by atoms with Crippen molar-refractivity contribution in [1.82, 2.24) is 14.4 Å². The first-order valence-electron chi connectivity index (χ1n) is 9.04. The fraction of sp³-hybridized carbons (Fsp3) is 0.182. The zero-order valence-electron chi connectivity index (χ0n) is 16.3. The number of anilines is 2. The highest BCUT2D eigenvalue weighted by molar-refractivity contribution is 5.80. The summed E-state index contributed by atoms with van der Waals surface area (Å²) in [7, 11) is 1.53. The molecule has 0 aliphatic heterocycles. The van der Waals surface area contributed by atoms with E-state index in [1.54, 1.807) is 12.1 Å². The van der Waals surface area contributed by atoms with Gasteiger partial charge in [-0.2, -0.15) is 0 Å². The van der Waals surface area contributed by atoms with Crippen LogP contribution in [-0.2, 0) is 0 Å². The van der Waals surface area contributed by atoms with Crippen LogP contribution in [0.5, 0.6) is 11.5 Å². The molecule has 0 aliphatic rings. The summed E-state index contributed by atoms with van der Waals surface area (Å²) in [5, 5.41) is 13.5. The fourth-order valence-electron chi connectivity index (χ4n) is 3.38. The number of fused-ring (bicyclic) bond motifs is 1. The summed E-state index contributed by atoms with van der Waals surface area (Å²) in [6.07, 6.45) is 0. The largest absolute Gasteiger partial charge is 0.504 e. The van der Waals surface area contributed by atoms with Crippen molar-refractivity contribution in [3.63, 3.8) is 0 Å². The van der Waals surface area contributed by atoms with Gasteiger partial charge in [0.25, 0.3) is 0 Å². The SMILES string of the molecule is COc1cc(-c2nc3nc(C)cc(C)n3c2Nc2cccc(C)c2)ccc1O. The van der Waals surface area contributed by atoms with Crippen molar-refractivity contribution in [1.29, 1.82) is 0 Å². The highest BCUT2D eigenvalue weighted by Gasteiger charge is 2.18. The third-order valence-electron chi connectivity index (χ3n) is 4.64. The molecule has 2 N–H and O–H groups in total. The summed E-state index contributed by atoms with van der Waals surface area (Å²) in [4.78, 5) is 9.37. The van der Waals surface area contributed by atoms with E-state index in [2.05, 4.69) is 29.4 Å². The highest BCUT2D eigenvalue weighted by atomic mass is 16.5. The Morgan fingerprint density at radius 2 is 1.82 bits per heavy atom. The van der Waals surface area contributed by atoms with Crippen molar-refractivity contribution in [3.8, 4) is 22.8 Å². The molecule has 28 heavy (non-hydrogen) atoms. The van der Waals surface area contributed by atoms with Crippen LogP contribution in [0.1, 0.15) is 17.0 Å². The van der Waals surface area contributed by atoms with Gasteiger partial charge in [-0.05, 0) is 62.7 Å². The second-order valence-electron chi connectivity index (χ2n) is 6.86. The van der Waals surface area contributed by atoms with Gasteiger partial charge in [0.15, 0.2) is 11.5 Å². The standard InChI is InChI=1S/C22H22N4O2/c1-13-6-5-7-17(10-13)24-21-20(16-8-9-18(27)19(12-16)28-4)25-22-23-14(2)11-15(3)26(21)22/h5-12,24,27H,1-4H3. The van der Waals surface area contributed by atoms with Crippen LogP contribution in [0, 0.1) is 20.8 Å². The van der Waals surface area contributed by atoms with Gasteiger partial charge >= 0.3 is 0 Å². The van der Waals surface area contributed by atoms with Crippen molar-refractivity contribution < 1.29 is 9.84 Å². The average molecular weight is 374 g/mol. The van der Waals surface area contributed by atoms with Crippen molar-refractivity contribution in [2.24, 2.45) is 0 Å². The molecule has 6 nitrogen and oxygen atoms in total. The molecule has 2 aromatic heterocycles. The Bertz CT molecular complexity index is 1180. The molecule has 4 aromatic rings. The number of aromatic nitrogens is 3. The first-order valence-corrected chi connectivity index (χ1v) is 9.04. The Kier molecular flexibility index (Phi) is 4.39. The third kappa shape index (κ3) is 3.13. The van der Waals surface area contributed by atoms with Crippen LogP contribution in [0.2, 0.25) is 0 Å². The zero-order valence-corrected chi connectivity index (χ0v) is 16.3. The van der Waals surface area contributed by atoms with Gasteiger partial charge in [0, 0.05) is 22.6 Å². The summed E-state index contributed by atoms with van der Waals surface area (Å²) in [5.41, 5.74) is 5.63. The van der Waals surface area contributed by atoms with Crippen LogP contribution >= 0.6 is 0 Å². The Balaban J connectivity index is 1.96. The molecule has 4 rings (SSSR count). The lowest BCUT2D eigenvalue weighted by molar-refractivity contribution is 0.373. The van der Waals surface area contributed by atoms with E-state index in [0.29, 0.717) is 11.5 Å². The summed E-state index contributed by atoms with van der Waals surface area (Å²) < 4.78 is 7.28. The minimum absolute atomic E-state index is 0.0911. The van der Waals surface area contributed by atoms with Crippen LogP contribution in [-0.4, -0.2) is 26.6 Å². The molecular formula is C22H22N4O2. The van der Waals surface area contributed by atoms with E-state index in [4.69, 9.17) is 9.72 Å². The number of methoxy groups -OCH3 is 1. The summed E-state index contributed by atoms with van der Waals surface area (Å²) in [5.74, 6) is 1.93. The van der Waals surface area contributed by atoms with Gasteiger partial charge in [0.1, 0.15) is 11.5 Å². The summed E-state index contributed by atoms with van der Waals surface area (Å²) in [6.45, 7) is 6.05. The lowest BCUT2D eigenvalue weighted by Gasteiger charge is -2.12. The Morgan fingerprint density at radius 1 is 1.00 bits per heavy atom. The van der Waals surface area contributed by atoms with Crippen LogP contribution < -0.4 is 10.1 Å². The number of nitrogens with zero attached hydrogens (tertiary/aromatic N) is 3. The number of phenols is 1. The molecule has 0 unspecified atom stereocenters. The van der Waals surface area contributed by atoms with Gasteiger partial charge in [-0.15, -0.1) is 0 Å². The maximum atomic E-state index is 9.96. The van der Waals surface area contributed by atoms with Gasteiger partial charge < -0.3 is 15.2 Å². The number of benzene rings is 2. The van der Waals surface area contributed by atoms with Gasteiger partial charge in [0.2, 0.25) is 5.78 Å². The van der Waals surface area contributed by atoms with Crippen LogP contribution in [0.25, 0.3) is 17.0 Å². The normalized spacial score (nSPS) is 11.0. The number of hydrogen-bond donors (Lipinski definition) is 2. The van der Waals surface area contributed by atoms with Crippen LogP contribution in [0.4, 0.5) is 11.5 Å². The first kappa shape index (κ1) is 17.9. The van der Waals surface area contributed by atoms with Crippen LogP contribution in [0.15, 0.2) is 48.5 Å². The molecule has 0 fully saturated rings. The Morgan fingerprint density at radius 3 is 2.57 bits per heavy atom. The first-order chi connectivity index (χ1) is 13.5. The predicted molar refractivity (Wildman–Crippen MR) is 111 cm³/mol. The fourth-order valence-corrected chi connectivity index (χ4v) is 3.38. The molecule has 0 aliphatic carbocycles. The molecule has 0 atom stereocenters. The van der Waals surface area contributed by atoms with Crippen molar-refractivity contribution in [3.05, 3.63) is 65.5 Å². The van der Waals surface area contributed by atoms with Gasteiger partial charge in [-0.25, -0.2) is 9.97 Å². The minimum atomic E-state index is 0.0911. The van der Waals surface area contributed by atoms with E-state index < -0.39 is 0 Å². The summed E-state index contributed by atoms with van der Waals surface area (Å²) in [6, 6.07) is 15.4. The molecule has 2 aromatic carbocycles. The van der Waals surface area contributed by atoms with Crippen molar-refractivity contribution >= 4 is 17.3 Å². The number of aryl methyl sites for hydroxylation is 3. The molecular weight excluding hydrogens is 352 g/mol. The van der Waals surface area contributed by atoms with E-state index in [1.807, 2.05) is 42.5 Å².